The number of likely N-dealkylation sites (N-methyl/N-ethyl adjacent to an activating group) is 1. The minimum Gasteiger partial charge on any atom is -0.391 e. The Morgan fingerprint density at radius 2 is 2.00 bits per heavy atom. The molecule has 0 aromatic carbocycles. The van der Waals surface area contributed by atoms with Gasteiger partial charge in [0.15, 0.2) is 0 Å². The first-order chi connectivity index (χ1) is 7.65. The Balaban J connectivity index is 2.40. The fraction of sp³-hybridized carbons (Fsp3) is 1.00. The lowest BCUT2D eigenvalue weighted by molar-refractivity contribution is 0.00508. The third-order valence-electron chi connectivity index (χ3n) is 3.37. The van der Waals surface area contributed by atoms with Gasteiger partial charge in [-0.2, -0.15) is 0 Å². The maximum atomic E-state index is 10.0. The molecule has 0 amide bonds. The average Bonchev–Trinajstić information content (AvgIpc) is 2.43. The fourth-order valence-electron chi connectivity index (χ4n) is 2.50. The third-order valence-corrected chi connectivity index (χ3v) is 3.37. The second kappa shape index (κ2) is 7.22. The van der Waals surface area contributed by atoms with Crippen LogP contribution in [0.25, 0.3) is 0 Å². The van der Waals surface area contributed by atoms with E-state index < -0.39 is 6.10 Å². The smallest absolute Gasteiger partial charge is 0.0900 e. The van der Waals surface area contributed by atoms with Gasteiger partial charge in [-0.25, -0.2) is 0 Å². The highest BCUT2D eigenvalue weighted by molar-refractivity contribution is 4.81. The van der Waals surface area contributed by atoms with Crippen molar-refractivity contribution in [2.75, 3.05) is 27.3 Å². The van der Waals surface area contributed by atoms with Crippen molar-refractivity contribution in [1.29, 1.82) is 0 Å². The zero-order valence-corrected chi connectivity index (χ0v) is 10.4. The van der Waals surface area contributed by atoms with Crippen molar-refractivity contribution < 1.29 is 14.9 Å². The van der Waals surface area contributed by atoms with Crippen molar-refractivity contribution in [2.45, 2.75) is 50.4 Å². The van der Waals surface area contributed by atoms with E-state index in [2.05, 4.69) is 4.90 Å². The van der Waals surface area contributed by atoms with Crippen LogP contribution in [0.5, 0.6) is 0 Å². The Kier molecular flexibility index (Phi) is 6.28. The highest BCUT2D eigenvalue weighted by Gasteiger charge is 2.26. The zero-order chi connectivity index (χ0) is 12.0. The highest BCUT2D eigenvalue weighted by atomic mass is 16.5. The van der Waals surface area contributed by atoms with E-state index in [1.807, 2.05) is 7.05 Å². The highest BCUT2D eigenvalue weighted by Crippen LogP contribution is 2.21. The number of aliphatic hydroxyl groups is 2. The van der Waals surface area contributed by atoms with Crippen molar-refractivity contribution in [2.24, 2.45) is 0 Å². The monoisotopic (exact) mass is 231 g/mol. The Hall–Kier alpha value is -0.160. The molecule has 0 bridgehead atoms. The summed E-state index contributed by atoms with van der Waals surface area (Å²) in [5.74, 6) is 0. The normalized spacial score (nSPS) is 29.1. The number of ether oxygens (including phenoxy) is 1. The molecule has 4 nitrogen and oxygen atoms in total. The molecule has 0 saturated heterocycles. The van der Waals surface area contributed by atoms with Gasteiger partial charge in [0.1, 0.15) is 0 Å². The van der Waals surface area contributed by atoms with Crippen LogP contribution in [0.3, 0.4) is 0 Å². The Morgan fingerprint density at radius 3 is 2.69 bits per heavy atom. The van der Waals surface area contributed by atoms with Crippen LogP contribution in [0.4, 0.5) is 0 Å². The minimum absolute atomic E-state index is 0.189. The van der Waals surface area contributed by atoms with Gasteiger partial charge in [0.05, 0.1) is 18.8 Å². The summed E-state index contributed by atoms with van der Waals surface area (Å²) in [7, 11) is 3.56. The first-order valence-electron chi connectivity index (χ1n) is 6.20. The van der Waals surface area contributed by atoms with E-state index in [1.165, 1.54) is 12.8 Å². The van der Waals surface area contributed by atoms with E-state index in [4.69, 9.17) is 4.74 Å². The predicted octanol–water partition coefficient (Wildman–Crippen LogP) is 0.619. The lowest BCUT2D eigenvalue weighted by Crippen LogP contribution is -2.44. The summed E-state index contributed by atoms with van der Waals surface area (Å²) in [5, 5.41) is 19.7. The molecule has 1 aliphatic rings. The fourth-order valence-corrected chi connectivity index (χ4v) is 2.50. The minimum atomic E-state index is -0.467. The molecule has 16 heavy (non-hydrogen) atoms. The summed E-state index contributed by atoms with van der Waals surface area (Å²) in [4.78, 5) is 2.07. The van der Waals surface area contributed by atoms with Crippen LogP contribution in [0.2, 0.25) is 0 Å². The van der Waals surface area contributed by atoms with Gasteiger partial charge in [-0.05, 0) is 19.9 Å². The van der Waals surface area contributed by atoms with Gasteiger partial charge < -0.3 is 14.9 Å². The van der Waals surface area contributed by atoms with E-state index in [1.54, 1.807) is 7.11 Å². The van der Waals surface area contributed by atoms with Crippen LogP contribution in [0, 0.1) is 0 Å². The Bertz CT molecular complexity index is 189. The summed E-state index contributed by atoms with van der Waals surface area (Å²) in [6.07, 6.45) is 4.69. The number of methoxy groups -OCH3 is 1. The van der Waals surface area contributed by atoms with Crippen molar-refractivity contribution in [3.63, 3.8) is 0 Å². The van der Waals surface area contributed by atoms with Crippen molar-refractivity contribution >= 4 is 0 Å². The van der Waals surface area contributed by atoms with Gasteiger partial charge in [-0.15, -0.1) is 0 Å². The first-order valence-corrected chi connectivity index (χ1v) is 6.20. The second-order valence-corrected chi connectivity index (χ2v) is 4.82. The summed E-state index contributed by atoms with van der Waals surface area (Å²) in [6.45, 7) is 0.919. The molecule has 0 heterocycles. The molecule has 4 heteroatoms. The van der Waals surface area contributed by atoms with E-state index >= 15 is 0 Å². The molecule has 0 spiro atoms. The van der Waals surface area contributed by atoms with Gasteiger partial charge in [0.2, 0.25) is 0 Å². The van der Waals surface area contributed by atoms with E-state index in [9.17, 15) is 10.2 Å². The van der Waals surface area contributed by atoms with Crippen LogP contribution < -0.4 is 0 Å². The van der Waals surface area contributed by atoms with E-state index in [0.29, 0.717) is 13.2 Å². The maximum Gasteiger partial charge on any atom is 0.0900 e. The lowest BCUT2D eigenvalue weighted by atomic mass is 10.0. The summed E-state index contributed by atoms with van der Waals surface area (Å²) in [5.41, 5.74) is 0. The molecule has 1 fully saturated rings. The molecule has 0 aromatic rings. The molecule has 3 unspecified atom stereocenters. The van der Waals surface area contributed by atoms with Gasteiger partial charge in [0, 0.05) is 19.7 Å². The standard InChI is InChI=1S/C12H25NO3/c1-13(8-10(14)9-16-2)11-6-4-3-5-7-12(11)15/h10-12,14-15H,3-9H2,1-2H3. The quantitative estimate of drug-likeness (QED) is 0.681. The second-order valence-electron chi connectivity index (χ2n) is 4.82. The molecule has 1 aliphatic carbocycles. The molecular weight excluding hydrogens is 206 g/mol. The maximum absolute atomic E-state index is 10.0. The van der Waals surface area contributed by atoms with Crippen LogP contribution in [-0.4, -0.2) is 60.7 Å². The molecule has 96 valence electrons. The topological polar surface area (TPSA) is 52.9 Å². The molecule has 2 N–H and O–H groups in total. The average molecular weight is 231 g/mol. The number of hydrogen-bond acceptors (Lipinski definition) is 4. The number of nitrogens with zero attached hydrogens (tertiary/aromatic N) is 1. The molecule has 3 atom stereocenters. The largest absolute Gasteiger partial charge is 0.391 e. The van der Waals surface area contributed by atoms with Crippen molar-refractivity contribution in [1.82, 2.24) is 4.90 Å². The summed E-state index contributed by atoms with van der Waals surface area (Å²) in [6, 6.07) is 0.189. The zero-order valence-electron chi connectivity index (χ0n) is 10.4. The molecule has 0 aliphatic heterocycles. The molecule has 1 saturated carbocycles. The molecular formula is C12H25NO3. The van der Waals surface area contributed by atoms with Gasteiger partial charge in [-0.3, -0.25) is 4.90 Å². The van der Waals surface area contributed by atoms with Crippen molar-refractivity contribution in [3.8, 4) is 0 Å². The Labute approximate surface area is 98.2 Å². The van der Waals surface area contributed by atoms with Crippen LogP contribution >= 0.6 is 0 Å². The van der Waals surface area contributed by atoms with Gasteiger partial charge in [0.25, 0.3) is 0 Å². The summed E-state index contributed by atoms with van der Waals surface area (Å²) < 4.78 is 4.90. The van der Waals surface area contributed by atoms with Crippen LogP contribution in [-0.2, 0) is 4.74 Å². The summed E-state index contributed by atoms with van der Waals surface area (Å²) >= 11 is 0. The van der Waals surface area contributed by atoms with Crippen LogP contribution in [0.1, 0.15) is 32.1 Å². The van der Waals surface area contributed by atoms with Gasteiger partial charge in [-0.1, -0.05) is 19.3 Å². The third kappa shape index (κ3) is 4.37. The Morgan fingerprint density at radius 1 is 1.31 bits per heavy atom. The lowest BCUT2D eigenvalue weighted by Gasteiger charge is -2.32. The number of aliphatic hydroxyl groups excluding tert-OH is 2. The number of hydrogen-bond donors (Lipinski definition) is 2. The van der Waals surface area contributed by atoms with Gasteiger partial charge >= 0.3 is 0 Å². The molecule has 0 radical (unpaired) electrons. The molecule has 1 rings (SSSR count). The van der Waals surface area contributed by atoms with E-state index in [0.717, 1.165) is 19.3 Å². The first kappa shape index (κ1) is 13.9. The predicted molar refractivity (Wildman–Crippen MR) is 63.4 cm³/mol. The SMILES string of the molecule is COCC(O)CN(C)C1CCCCCC1O. The number of rotatable bonds is 5. The van der Waals surface area contributed by atoms with Crippen molar-refractivity contribution in [3.05, 3.63) is 0 Å². The molecule has 0 aromatic heterocycles. The van der Waals surface area contributed by atoms with Crippen LogP contribution in [0.15, 0.2) is 0 Å². The van der Waals surface area contributed by atoms with E-state index in [-0.39, 0.29) is 12.1 Å².